The number of carbonyl (C=O) groups is 2. The van der Waals surface area contributed by atoms with E-state index in [1.165, 1.54) is 27.7 Å². The summed E-state index contributed by atoms with van der Waals surface area (Å²) in [6.45, 7) is 17.4. The highest BCUT2D eigenvalue weighted by Gasteiger charge is 2.28. The molecule has 0 aliphatic rings. The Labute approximate surface area is 297 Å². The van der Waals surface area contributed by atoms with E-state index in [4.69, 9.17) is 14.7 Å². The van der Waals surface area contributed by atoms with Crippen molar-refractivity contribution in [3.05, 3.63) is 58.2 Å². The monoisotopic (exact) mass is 690 g/mol. The number of amides is 1. The lowest BCUT2D eigenvalue weighted by Crippen LogP contribution is -2.30. The summed E-state index contributed by atoms with van der Waals surface area (Å²) in [6.07, 6.45) is 8.49. The maximum Gasteiger partial charge on any atom is 0.293 e. The molecule has 0 fully saturated rings. The van der Waals surface area contributed by atoms with Crippen LogP contribution < -0.4 is 10.9 Å². The van der Waals surface area contributed by atoms with E-state index >= 15 is 0 Å². The van der Waals surface area contributed by atoms with Gasteiger partial charge in [-0.25, -0.2) is 10.4 Å². The number of nitrogens with one attached hydrogen (secondary N) is 2. The summed E-state index contributed by atoms with van der Waals surface area (Å²) in [5, 5.41) is 4.51. The van der Waals surface area contributed by atoms with Gasteiger partial charge in [-0.3, -0.25) is 20.0 Å². The van der Waals surface area contributed by atoms with E-state index in [1.54, 1.807) is 11.3 Å². The molecular weight excluding hydrogens is 633 g/mol. The van der Waals surface area contributed by atoms with Crippen molar-refractivity contribution in [3.63, 3.8) is 0 Å². The second-order valence-corrected chi connectivity index (χ2v) is 14.3. The van der Waals surface area contributed by atoms with Crippen molar-refractivity contribution in [3.8, 4) is 22.5 Å². The number of aromatic nitrogens is 3. The fourth-order valence-electron chi connectivity index (χ4n) is 6.41. The van der Waals surface area contributed by atoms with Gasteiger partial charge in [-0.1, -0.05) is 60.5 Å². The van der Waals surface area contributed by atoms with Gasteiger partial charge in [0, 0.05) is 52.1 Å². The Hall–Kier alpha value is -3.60. The molecule has 0 radical (unpaired) electrons. The third-order valence-corrected chi connectivity index (χ3v) is 9.97. The fourth-order valence-corrected chi connectivity index (χ4v) is 7.47. The molecule has 4 aromatic rings. The van der Waals surface area contributed by atoms with Gasteiger partial charge < -0.3 is 14.2 Å². The maximum atomic E-state index is 11.2. The molecule has 2 N–H and O–H groups in total. The molecule has 10 heteroatoms. The number of rotatable bonds is 20. The minimum atomic E-state index is -0.273. The lowest BCUT2D eigenvalue weighted by atomic mass is 9.84. The van der Waals surface area contributed by atoms with Gasteiger partial charge >= 0.3 is 0 Å². The molecule has 0 saturated heterocycles. The quantitative estimate of drug-likeness (QED) is 0.0545. The van der Waals surface area contributed by atoms with Crippen LogP contribution in [0.2, 0.25) is 0 Å². The minimum Gasteiger partial charge on any atom is -0.467 e. The van der Waals surface area contributed by atoms with E-state index < -0.39 is 0 Å². The van der Waals surface area contributed by atoms with Gasteiger partial charge in [0.05, 0.1) is 29.7 Å². The van der Waals surface area contributed by atoms with Crippen LogP contribution in [0, 0.1) is 5.41 Å². The minimum absolute atomic E-state index is 0.241. The molecule has 1 amide bonds. The number of fused-ring (bicyclic) bond motifs is 1. The Balaban J connectivity index is 0.00000319. The summed E-state index contributed by atoms with van der Waals surface area (Å²) in [6, 6.07) is 11.2. The summed E-state index contributed by atoms with van der Waals surface area (Å²) in [7, 11) is 4.24. The van der Waals surface area contributed by atoms with Crippen molar-refractivity contribution in [1.29, 1.82) is 0 Å². The summed E-state index contributed by atoms with van der Waals surface area (Å²) < 4.78 is 7.73. The molecule has 2 atom stereocenters. The van der Waals surface area contributed by atoms with Crippen molar-refractivity contribution in [2.75, 3.05) is 27.2 Å². The molecule has 2 unspecified atom stereocenters. The number of hydrogen-bond acceptors (Lipinski definition) is 8. The topological polar surface area (TPSA) is 101 Å². The Morgan fingerprint density at radius 1 is 1.10 bits per heavy atom. The molecule has 0 saturated carbocycles. The first-order valence-electron chi connectivity index (χ1n) is 17.9. The number of carbonyl (C=O) groups excluding carboxylic acids is 2. The van der Waals surface area contributed by atoms with Crippen molar-refractivity contribution >= 4 is 35.1 Å². The highest BCUT2D eigenvalue weighted by Crippen LogP contribution is 2.42. The number of unbranched alkanes of at least 4 members (excludes halogenated alkanes) is 2. The number of ether oxygens (including phenoxy) is 1. The molecule has 1 aromatic carbocycles. The lowest BCUT2D eigenvalue weighted by Gasteiger charge is -2.25. The second-order valence-electron chi connectivity index (χ2n) is 13.4. The number of hydrogen-bond donors (Lipinski definition) is 2. The normalized spacial score (nSPS) is 12.8. The third kappa shape index (κ3) is 10.2. The molecule has 268 valence electrons. The molecule has 3 aromatic heterocycles. The van der Waals surface area contributed by atoms with Crippen LogP contribution in [0.1, 0.15) is 109 Å². The second kappa shape index (κ2) is 19.6. The van der Waals surface area contributed by atoms with E-state index in [0.717, 1.165) is 73.6 Å². The zero-order chi connectivity index (χ0) is 36.0. The number of hydrazine groups is 1. The zero-order valence-corrected chi connectivity index (χ0v) is 32.0. The van der Waals surface area contributed by atoms with Gasteiger partial charge in [0.25, 0.3) is 6.47 Å². The number of benzene rings is 1. The first-order chi connectivity index (χ1) is 23.6. The van der Waals surface area contributed by atoms with Gasteiger partial charge in [0.1, 0.15) is 5.01 Å². The van der Waals surface area contributed by atoms with Gasteiger partial charge in [-0.2, -0.15) is 0 Å². The highest BCUT2D eigenvalue weighted by molar-refractivity contribution is 7.10. The average molecular weight is 691 g/mol. The van der Waals surface area contributed by atoms with Gasteiger partial charge in [-0.15, -0.1) is 11.3 Å². The van der Waals surface area contributed by atoms with Gasteiger partial charge in [0.2, 0.25) is 6.41 Å². The molecule has 4 rings (SSSR count). The molecule has 0 aliphatic carbocycles. The van der Waals surface area contributed by atoms with Crippen LogP contribution in [0.5, 0.6) is 0 Å². The van der Waals surface area contributed by atoms with Gasteiger partial charge in [-0.05, 0) is 82.4 Å². The average Bonchev–Trinajstić information content (AvgIpc) is 3.71. The molecule has 3 heterocycles. The number of nitrogens with zero attached hydrogens (tertiary/aromatic N) is 4. The molecule has 49 heavy (non-hydrogen) atoms. The summed E-state index contributed by atoms with van der Waals surface area (Å²) in [5.41, 5.74) is 13.1. The predicted octanol–water partition coefficient (Wildman–Crippen LogP) is 8.54. The number of pyridine rings is 1. The summed E-state index contributed by atoms with van der Waals surface area (Å²) in [4.78, 5) is 33.9. The van der Waals surface area contributed by atoms with Gasteiger partial charge in [0.15, 0.2) is 0 Å². The van der Waals surface area contributed by atoms with E-state index in [-0.39, 0.29) is 11.5 Å². The van der Waals surface area contributed by atoms with Crippen LogP contribution in [0.15, 0.2) is 41.9 Å². The Morgan fingerprint density at radius 2 is 1.88 bits per heavy atom. The first kappa shape index (κ1) is 39.8. The van der Waals surface area contributed by atoms with Crippen LogP contribution in [-0.4, -0.2) is 59.6 Å². The molecule has 0 spiro atoms. The SMILES string of the molecule is CC.CCC(C)c1ncccc1-c1c(CC(C)(C)COC=O)c2cc(-c3csc(C(CCCCCNNC=O)N(C)C)n3)ccc2n1CC. The molecule has 0 bridgehead atoms. The molecule has 9 nitrogen and oxygen atoms in total. The van der Waals surface area contributed by atoms with Crippen LogP contribution in [0.25, 0.3) is 33.4 Å². The summed E-state index contributed by atoms with van der Waals surface area (Å²) in [5.74, 6) is 0.318. The Kier molecular flexibility index (Phi) is 15.9. The van der Waals surface area contributed by atoms with E-state index in [2.05, 4.69) is 98.7 Å². The van der Waals surface area contributed by atoms with Crippen LogP contribution in [0.3, 0.4) is 0 Å². The van der Waals surface area contributed by atoms with Crippen molar-refractivity contribution < 1.29 is 14.3 Å². The Morgan fingerprint density at radius 3 is 2.55 bits per heavy atom. The van der Waals surface area contributed by atoms with E-state index in [0.29, 0.717) is 25.4 Å². The third-order valence-electron chi connectivity index (χ3n) is 9.02. The lowest BCUT2D eigenvalue weighted by molar-refractivity contribution is -0.131. The summed E-state index contributed by atoms with van der Waals surface area (Å²) >= 11 is 1.72. The standard InChI is InChI=1S/C37H52N6O3S.C2H6/c1-8-26(3)34-28(14-13-18-38-34)35-30(21-37(4,5)23-46-25-45)29-20-27(16-17-32(29)43(35)9-2)31-22-47-36(41-31)33(42(6)7)15-11-10-12-19-39-40-24-44;1-2/h13-14,16-18,20,22,24-26,33,39H,8-12,15,19,21,23H2,1-7H3,(H,40,44);1-2H3. The Bertz CT molecular complexity index is 1610. The van der Waals surface area contributed by atoms with Crippen LogP contribution in [0.4, 0.5) is 0 Å². The van der Waals surface area contributed by atoms with E-state index in [9.17, 15) is 9.59 Å². The first-order valence-corrected chi connectivity index (χ1v) is 18.7. The zero-order valence-electron chi connectivity index (χ0n) is 31.1. The molecule has 0 aliphatic heterocycles. The van der Waals surface area contributed by atoms with Crippen LogP contribution >= 0.6 is 11.3 Å². The smallest absolute Gasteiger partial charge is 0.293 e. The highest BCUT2D eigenvalue weighted by atomic mass is 32.1. The predicted molar refractivity (Wildman–Crippen MR) is 204 cm³/mol. The maximum absolute atomic E-state index is 11.2. The van der Waals surface area contributed by atoms with Crippen molar-refractivity contribution in [2.24, 2.45) is 5.41 Å². The van der Waals surface area contributed by atoms with Crippen molar-refractivity contribution in [2.45, 2.75) is 105 Å². The number of thiazole rings is 1. The fraction of sp³-hybridized carbons (Fsp3) is 0.538. The number of aryl methyl sites for hydroxylation is 1. The largest absolute Gasteiger partial charge is 0.467 e. The van der Waals surface area contributed by atoms with Crippen LogP contribution in [-0.2, 0) is 27.3 Å². The van der Waals surface area contributed by atoms with Crippen molar-refractivity contribution in [1.82, 2.24) is 30.3 Å². The molecular formula is C39H58N6O3S. The van der Waals surface area contributed by atoms with E-state index in [1.807, 2.05) is 26.1 Å².